The van der Waals surface area contributed by atoms with Crippen LogP contribution in [0.4, 0.5) is 0 Å². The highest BCUT2D eigenvalue weighted by Crippen LogP contribution is 2.25. The third-order valence-corrected chi connectivity index (χ3v) is 3.00. The number of nitrogens with one attached hydrogen (secondary N) is 1. The van der Waals surface area contributed by atoms with E-state index < -0.39 is 5.56 Å². The minimum absolute atomic E-state index is 0.0558. The molecular weight excluding hydrogens is 272 g/mol. The Kier molecular flexibility index (Phi) is 6.33. The van der Waals surface area contributed by atoms with Gasteiger partial charge in [0.2, 0.25) is 0 Å². The maximum absolute atomic E-state index is 11.9. The first-order valence-corrected chi connectivity index (χ1v) is 6.71. The number of hydrogen-bond acceptors (Lipinski definition) is 2. The number of aromatic nitrogens is 1. The van der Waals surface area contributed by atoms with Gasteiger partial charge in [-0.3, -0.25) is 4.79 Å². The van der Waals surface area contributed by atoms with Crippen LogP contribution < -0.4 is 5.56 Å². The van der Waals surface area contributed by atoms with Crippen LogP contribution in [0.3, 0.4) is 0 Å². The van der Waals surface area contributed by atoms with Gasteiger partial charge < -0.3 is 4.98 Å². The number of nitrogens with zero attached hydrogens (tertiary/aromatic N) is 1. The zero-order valence-electron chi connectivity index (χ0n) is 12.6. The van der Waals surface area contributed by atoms with Gasteiger partial charge in [0.15, 0.2) is 0 Å². The molecule has 3 nitrogen and oxygen atoms in total. The largest absolute Gasteiger partial charge is 0.320 e. The molecule has 110 valence electrons. The van der Waals surface area contributed by atoms with Crippen LogP contribution in [0.15, 0.2) is 73.1 Å². The minimum atomic E-state index is -0.423. The average Bonchev–Trinajstić information content (AvgIpc) is 2.53. The highest BCUT2D eigenvalue weighted by Gasteiger charge is 2.12. The fraction of sp³-hybridized carbons (Fsp3) is 0.0526. The predicted molar refractivity (Wildman–Crippen MR) is 93.1 cm³/mol. The van der Waals surface area contributed by atoms with Gasteiger partial charge in [-0.15, -0.1) is 0 Å². The van der Waals surface area contributed by atoms with Gasteiger partial charge in [-0.05, 0) is 24.1 Å². The summed E-state index contributed by atoms with van der Waals surface area (Å²) in [5.74, 6) is 0. The highest BCUT2D eigenvalue weighted by molar-refractivity contribution is 5.86. The molecule has 1 aromatic rings. The van der Waals surface area contributed by atoms with Crippen LogP contribution in [0.25, 0.3) is 11.1 Å². The summed E-state index contributed by atoms with van der Waals surface area (Å²) in [5.41, 5.74) is 2.55. The fourth-order valence-corrected chi connectivity index (χ4v) is 1.97. The normalized spacial score (nSPS) is 12.0. The molecule has 0 aromatic carbocycles. The Morgan fingerprint density at radius 1 is 1.27 bits per heavy atom. The van der Waals surface area contributed by atoms with Crippen LogP contribution in [-0.4, -0.2) is 4.98 Å². The molecule has 0 radical (unpaired) electrons. The summed E-state index contributed by atoms with van der Waals surface area (Å²) < 4.78 is 0. The van der Waals surface area contributed by atoms with Crippen molar-refractivity contribution in [3.05, 3.63) is 95.5 Å². The van der Waals surface area contributed by atoms with E-state index in [0.717, 1.165) is 16.7 Å². The van der Waals surface area contributed by atoms with Gasteiger partial charge in [0.05, 0.1) is 5.69 Å². The Labute approximate surface area is 130 Å². The lowest BCUT2D eigenvalue weighted by molar-refractivity contribution is 1.17. The van der Waals surface area contributed by atoms with E-state index in [1.54, 1.807) is 36.4 Å². The van der Waals surface area contributed by atoms with Crippen LogP contribution in [0.2, 0.25) is 0 Å². The third-order valence-electron chi connectivity index (χ3n) is 3.00. The second-order valence-corrected chi connectivity index (χ2v) is 4.31. The highest BCUT2D eigenvalue weighted by atomic mass is 16.1. The van der Waals surface area contributed by atoms with Gasteiger partial charge in [-0.1, -0.05) is 62.3 Å². The Morgan fingerprint density at radius 2 is 2.00 bits per heavy atom. The number of rotatable bonds is 6. The molecule has 0 atom stereocenters. The maximum atomic E-state index is 11.9. The quantitative estimate of drug-likeness (QED) is 0.800. The molecule has 0 aliphatic carbocycles. The summed E-state index contributed by atoms with van der Waals surface area (Å²) in [6.45, 7) is 13.0. The Bertz CT molecular complexity index is 781. The van der Waals surface area contributed by atoms with Crippen molar-refractivity contribution in [2.45, 2.75) is 6.92 Å². The number of H-pyrrole nitrogens is 1. The van der Waals surface area contributed by atoms with Gasteiger partial charge in [-0.2, -0.15) is 5.26 Å². The lowest BCUT2D eigenvalue weighted by Crippen LogP contribution is -2.14. The van der Waals surface area contributed by atoms with Crippen LogP contribution in [0.1, 0.15) is 23.7 Å². The molecule has 1 aromatic heterocycles. The average molecular weight is 290 g/mol. The molecule has 0 bridgehead atoms. The predicted octanol–water partition coefficient (Wildman–Crippen LogP) is 4.15. The van der Waals surface area contributed by atoms with Crippen molar-refractivity contribution in [3.63, 3.8) is 0 Å². The number of allylic oxidation sites excluding steroid dienone is 9. The van der Waals surface area contributed by atoms with E-state index in [1.165, 1.54) is 0 Å². The van der Waals surface area contributed by atoms with E-state index in [2.05, 4.69) is 24.7 Å². The summed E-state index contributed by atoms with van der Waals surface area (Å²) in [5, 5.41) is 9.10. The molecule has 0 saturated heterocycles. The summed E-state index contributed by atoms with van der Waals surface area (Å²) in [6.07, 6.45) is 12.2. The van der Waals surface area contributed by atoms with Crippen molar-refractivity contribution in [1.29, 1.82) is 5.26 Å². The number of pyridine rings is 1. The molecular formula is C19H18N2O. The van der Waals surface area contributed by atoms with E-state index in [1.807, 2.05) is 25.1 Å². The molecule has 0 saturated carbocycles. The first kappa shape index (κ1) is 16.9. The van der Waals surface area contributed by atoms with Crippen LogP contribution >= 0.6 is 0 Å². The number of hydrogen-bond donors (Lipinski definition) is 1. The molecule has 0 fully saturated rings. The van der Waals surface area contributed by atoms with E-state index in [9.17, 15) is 4.79 Å². The monoisotopic (exact) mass is 290 g/mol. The molecule has 0 amide bonds. The molecule has 0 unspecified atom stereocenters. The standard InChI is InChI=1S/C19H18N2O/c1-5-9-11-15(10-6-2)17-12-16(13-20)19(22)21-18(17)14(7-3)8-4/h5-12H,1-3H2,4H3,(H,21,22)/b11-9-,14-8+,15-10+. The summed E-state index contributed by atoms with van der Waals surface area (Å²) in [7, 11) is 0. The first-order valence-electron chi connectivity index (χ1n) is 6.71. The van der Waals surface area contributed by atoms with Gasteiger partial charge in [0.25, 0.3) is 5.56 Å². The van der Waals surface area contributed by atoms with E-state index in [4.69, 9.17) is 5.26 Å². The Balaban J connectivity index is 3.79. The topological polar surface area (TPSA) is 56.6 Å². The molecule has 22 heavy (non-hydrogen) atoms. The van der Waals surface area contributed by atoms with E-state index in [-0.39, 0.29) is 5.56 Å². The van der Waals surface area contributed by atoms with Crippen LogP contribution in [0, 0.1) is 11.3 Å². The van der Waals surface area contributed by atoms with Gasteiger partial charge in [0.1, 0.15) is 11.6 Å². The van der Waals surface area contributed by atoms with Crippen LogP contribution in [0.5, 0.6) is 0 Å². The molecule has 1 N–H and O–H groups in total. The van der Waals surface area contributed by atoms with Crippen LogP contribution in [-0.2, 0) is 0 Å². The lowest BCUT2D eigenvalue weighted by atomic mass is 9.97. The number of aromatic amines is 1. The van der Waals surface area contributed by atoms with Gasteiger partial charge >= 0.3 is 0 Å². The van der Waals surface area contributed by atoms with Crippen molar-refractivity contribution < 1.29 is 0 Å². The Hall–Kier alpha value is -3.12. The van der Waals surface area contributed by atoms with Crippen molar-refractivity contribution in [3.8, 4) is 6.07 Å². The molecule has 1 heterocycles. The minimum Gasteiger partial charge on any atom is -0.320 e. The molecule has 0 spiro atoms. The zero-order valence-corrected chi connectivity index (χ0v) is 12.6. The molecule has 3 heteroatoms. The lowest BCUT2D eigenvalue weighted by Gasteiger charge is -2.11. The van der Waals surface area contributed by atoms with Crippen molar-refractivity contribution >= 4 is 11.1 Å². The SMILES string of the molecule is C=C/C=C\C(=C/C=C)c1cc(C#N)c(=O)[nH]c1/C(C=C)=C/C. The number of nitriles is 1. The summed E-state index contributed by atoms with van der Waals surface area (Å²) in [6, 6.07) is 3.48. The second kappa shape index (κ2) is 8.23. The van der Waals surface area contributed by atoms with Gasteiger partial charge in [-0.25, -0.2) is 0 Å². The smallest absolute Gasteiger partial charge is 0.266 e. The fourth-order valence-electron chi connectivity index (χ4n) is 1.97. The first-order chi connectivity index (χ1) is 10.6. The molecule has 0 aliphatic heterocycles. The summed E-state index contributed by atoms with van der Waals surface area (Å²) >= 11 is 0. The molecule has 0 aliphatic rings. The zero-order chi connectivity index (χ0) is 16.5. The Morgan fingerprint density at radius 3 is 2.50 bits per heavy atom. The van der Waals surface area contributed by atoms with Crippen molar-refractivity contribution in [1.82, 2.24) is 4.98 Å². The third kappa shape index (κ3) is 3.71. The van der Waals surface area contributed by atoms with E-state index >= 15 is 0 Å². The second-order valence-electron chi connectivity index (χ2n) is 4.31. The molecule has 1 rings (SSSR count). The van der Waals surface area contributed by atoms with Crippen molar-refractivity contribution in [2.24, 2.45) is 0 Å². The van der Waals surface area contributed by atoms with Gasteiger partial charge in [0, 0.05) is 5.56 Å². The van der Waals surface area contributed by atoms with E-state index in [0.29, 0.717) is 5.69 Å². The maximum Gasteiger partial charge on any atom is 0.266 e. The summed E-state index contributed by atoms with van der Waals surface area (Å²) in [4.78, 5) is 14.7. The van der Waals surface area contributed by atoms with Crippen molar-refractivity contribution in [2.75, 3.05) is 0 Å².